The molecule has 1 aromatic rings. The molecule has 0 amide bonds. The van der Waals surface area contributed by atoms with Crippen LogP contribution in [0.25, 0.3) is 0 Å². The molecule has 1 fully saturated rings. The van der Waals surface area contributed by atoms with E-state index in [1.54, 1.807) is 0 Å². The highest BCUT2D eigenvalue weighted by Crippen LogP contribution is 2.12. The minimum atomic E-state index is -0.425. The van der Waals surface area contributed by atoms with E-state index in [2.05, 4.69) is 5.32 Å². The molecule has 1 aliphatic heterocycles. The second kappa shape index (κ2) is 4.65. The molecular formula is C11H13N3O2. The van der Waals surface area contributed by atoms with Crippen molar-refractivity contribution in [2.75, 3.05) is 13.1 Å². The summed E-state index contributed by atoms with van der Waals surface area (Å²) in [7, 11) is 0. The van der Waals surface area contributed by atoms with Gasteiger partial charge in [0.1, 0.15) is 0 Å². The van der Waals surface area contributed by atoms with E-state index in [1.165, 1.54) is 0 Å². The van der Waals surface area contributed by atoms with Crippen molar-refractivity contribution in [3.8, 4) is 0 Å². The first-order chi connectivity index (χ1) is 7.75. The van der Waals surface area contributed by atoms with Gasteiger partial charge >= 0.3 is 0 Å². The molecule has 0 aliphatic carbocycles. The van der Waals surface area contributed by atoms with E-state index in [-0.39, 0.29) is 0 Å². The van der Waals surface area contributed by atoms with Gasteiger partial charge in [-0.2, -0.15) is 0 Å². The van der Waals surface area contributed by atoms with Crippen LogP contribution in [-0.2, 0) is 6.54 Å². The Morgan fingerprint density at radius 1 is 1.44 bits per heavy atom. The summed E-state index contributed by atoms with van der Waals surface area (Å²) < 4.78 is 0. The number of nitro groups is 1. The highest BCUT2D eigenvalue weighted by Gasteiger charge is 2.19. The summed E-state index contributed by atoms with van der Waals surface area (Å²) >= 11 is 0. The maximum Gasteiger partial charge on any atom is 0.274 e. The Bertz CT molecular complexity index is 403. The molecule has 0 saturated carbocycles. The Morgan fingerprint density at radius 2 is 2.19 bits per heavy atom. The van der Waals surface area contributed by atoms with Crippen molar-refractivity contribution in [3.63, 3.8) is 0 Å². The van der Waals surface area contributed by atoms with Crippen LogP contribution in [-0.4, -0.2) is 22.9 Å². The molecule has 84 valence electrons. The van der Waals surface area contributed by atoms with E-state index in [0.29, 0.717) is 12.4 Å². The predicted molar refractivity (Wildman–Crippen MR) is 59.9 cm³/mol. The van der Waals surface area contributed by atoms with Crippen molar-refractivity contribution in [2.24, 2.45) is 0 Å². The van der Waals surface area contributed by atoms with Gasteiger partial charge in [-0.05, 0) is 5.56 Å². The quantitative estimate of drug-likeness (QED) is 0.612. The molecule has 5 nitrogen and oxygen atoms in total. The summed E-state index contributed by atoms with van der Waals surface area (Å²) in [6.45, 7) is 2.26. The molecule has 0 spiro atoms. The van der Waals surface area contributed by atoms with E-state index < -0.39 is 4.92 Å². The van der Waals surface area contributed by atoms with Crippen LogP contribution in [0.5, 0.6) is 0 Å². The first-order valence-corrected chi connectivity index (χ1v) is 5.14. The lowest BCUT2D eigenvalue weighted by Crippen LogP contribution is -2.20. The molecule has 16 heavy (non-hydrogen) atoms. The van der Waals surface area contributed by atoms with Crippen LogP contribution in [0.4, 0.5) is 0 Å². The third-order valence-electron chi connectivity index (χ3n) is 2.47. The van der Waals surface area contributed by atoms with Gasteiger partial charge in [-0.1, -0.05) is 30.3 Å². The van der Waals surface area contributed by atoms with Crippen LogP contribution in [0.2, 0.25) is 0 Å². The fourth-order valence-corrected chi connectivity index (χ4v) is 1.75. The van der Waals surface area contributed by atoms with E-state index in [9.17, 15) is 10.1 Å². The molecule has 0 bridgehead atoms. The summed E-state index contributed by atoms with van der Waals surface area (Å²) in [4.78, 5) is 12.0. The molecule has 0 radical (unpaired) electrons. The third-order valence-corrected chi connectivity index (χ3v) is 2.47. The van der Waals surface area contributed by atoms with Crippen LogP contribution in [0.15, 0.2) is 42.4 Å². The van der Waals surface area contributed by atoms with E-state index >= 15 is 0 Å². The van der Waals surface area contributed by atoms with Crippen LogP contribution < -0.4 is 5.32 Å². The van der Waals surface area contributed by atoms with Crippen LogP contribution in [0.1, 0.15) is 5.56 Å². The van der Waals surface area contributed by atoms with Gasteiger partial charge in [-0.25, -0.2) is 0 Å². The molecule has 1 N–H and O–H groups in total. The average molecular weight is 219 g/mol. The Hall–Kier alpha value is -2.04. The lowest BCUT2D eigenvalue weighted by Gasteiger charge is -2.16. The van der Waals surface area contributed by atoms with Gasteiger partial charge in [0.05, 0.1) is 4.92 Å². The van der Waals surface area contributed by atoms with Crippen LogP contribution in [0.3, 0.4) is 0 Å². The number of hydrogen-bond acceptors (Lipinski definition) is 4. The van der Waals surface area contributed by atoms with Crippen molar-refractivity contribution < 1.29 is 4.92 Å². The number of nitrogens with one attached hydrogen (secondary N) is 1. The summed E-state index contributed by atoms with van der Waals surface area (Å²) in [5.74, 6) is 0.592. The van der Waals surface area contributed by atoms with Gasteiger partial charge in [-0.3, -0.25) is 10.1 Å². The highest BCUT2D eigenvalue weighted by molar-refractivity contribution is 5.16. The van der Waals surface area contributed by atoms with Crippen molar-refractivity contribution in [1.82, 2.24) is 10.2 Å². The minimum Gasteiger partial charge on any atom is -0.365 e. The maximum absolute atomic E-state index is 10.4. The average Bonchev–Trinajstić information content (AvgIpc) is 2.66. The summed E-state index contributed by atoms with van der Waals surface area (Å²) in [5.41, 5.74) is 1.15. The lowest BCUT2D eigenvalue weighted by atomic mass is 10.2. The van der Waals surface area contributed by atoms with E-state index in [1.807, 2.05) is 35.2 Å². The zero-order valence-electron chi connectivity index (χ0n) is 8.80. The standard InChI is InChI=1S/C11H13N3O2/c15-14(16)9-11-12-6-7-13(11)8-10-4-2-1-3-5-10/h1-5,9,12H,6-8H2/b11-9-. The van der Waals surface area contributed by atoms with Gasteiger partial charge in [0.15, 0.2) is 5.82 Å². The zero-order valence-corrected chi connectivity index (χ0v) is 8.80. The van der Waals surface area contributed by atoms with Crippen molar-refractivity contribution in [2.45, 2.75) is 6.54 Å². The monoisotopic (exact) mass is 219 g/mol. The lowest BCUT2D eigenvalue weighted by molar-refractivity contribution is -0.404. The second-order valence-electron chi connectivity index (χ2n) is 3.63. The Labute approximate surface area is 93.5 Å². The summed E-state index contributed by atoms with van der Waals surface area (Å²) in [6, 6.07) is 9.93. The van der Waals surface area contributed by atoms with E-state index in [0.717, 1.165) is 24.9 Å². The van der Waals surface area contributed by atoms with Gasteiger partial charge in [-0.15, -0.1) is 0 Å². The van der Waals surface area contributed by atoms with E-state index in [4.69, 9.17) is 0 Å². The molecule has 1 aromatic carbocycles. The van der Waals surface area contributed by atoms with Crippen LogP contribution in [0, 0.1) is 10.1 Å². The largest absolute Gasteiger partial charge is 0.365 e. The first-order valence-electron chi connectivity index (χ1n) is 5.14. The number of rotatable bonds is 3. The van der Waals surface area contributed by atoms with Crippen LogP contribution >= 0.6 is 0 Å². The maximum atomic E-state index is 10.4. The third kappa shape index (κ3) is 2.50. The van der Waals surface area contributed by atoms with Crippen molar-refractivity contribution in [1.29, 1.82) is 0 Å². The summed E-state index contributed by atoms with van der Waals surface area (Å²) in [6.07, 6.45) is 1.02. The SMILES string of the molecule is O=[N+]([O-])/C=C1/NCCN1Cc1ccccc1. The van der Waals surface area contributed by atoms with Gasteiger partial charge in [0.2, 0.25) is 0 Å². The Morgan fingerprint density at radius 3 is 2.88 bits per heavy atom. The fraction of sp³-hybridized carbons (Fsp3) is 0.273. The van der Waals surface area contributed by atoms with Crippen molar-refractivity contribution in [3.05, 3.63) is 58.0 Å². The Kier molecular flexibility index (Phi) is 3.05. The zero-order chi connectivity index (χ0) is 11.4. The van der Waals surface area contributed by atoms with Gasteiger partial charge in [0.25, 0.3) is 6.20 Å². The molecule has 1 heterocycles. The molecule has 0 unspecified atom stereocenters. The number of hydrogen-bond donors (Lipinski definition) is 1. The Balaban J connectivity index is 2.07. The molecular weight excluding hydrogens is 206 g/mol. The van der Waals surface area contributed by atoms with Crippen molar-refractivity contribution >= 4 is 0 Å². The minimum absolute atomic E-state index is 0.425. The number of benzene rings is 1. The normalized spacial score (nSPS) is 17.5. The smallest absolute Gasteiger partial charge is 0.274 e. The topological polar surface area (TPSA) is 58.4 Å². The molecule has 0 atom stereocenters. The fourth-order valence-electron chi connectivity index (χ4n) is 1.75. The number of nitrogens with zero attached hydrogens (tertiary/aromatic N) is 2. The first kappa shape index (κ1) is 10.5. The summed E-state index contributed by atoms with van der Waals surface area (Å²) in [5, 5.41) is 13.4. The molecule has 0 aromatic heterocycles. The van der Waals surface area contributed by atoms with Gasteiger partial charge < -0.3 is 10.2 Å². The highest BCUT2D eigenvalue weighted by atomic mass is 16.6. The molecule has 1 saturated heterocycles. The molecule has 5 heteroatoms. The molecule has 1 aliphatic rings. The second-order valence-corrected chi connectivity index (χ2v) is 3.63. The predicted octanol–water partition coefficient (Wildman–Crippen LogP) is 1.17. The molecule has 2 rings (SSSR count). The van der Waals surface area contributed by atoms with Gasteiger partial charge in [0, 0.05) is 19.6 Å².